The highest BCUT2D eigenvalue weighted by Crippen LogP contribution is 2.41. The van der Waals surface area contributed by atoms with Crippen LogP contribution in [0.2, 0.25) is 0 Å². The summed E-state index contributed by atoms with van der Waals surface area (Å²) in [7, 11) is -0.827. The molecule has 78 valence electrons. The average Bonchev–Trinajstić information content (AvgIpc) is 2.20. The molecule has 0 bridgehead atoms. The number of hydrogen-bond donors (Lipinski definition) is 0. The van der Waals surface area contributed by atoms with E-state index in [0.717, 1.165) is 11.9 Å². The van der Waals surface area contributed by atoms with Gasteiger partial charge >= 0.3 is 0 Å². The van der Waals surface area contributed by atoms with Crippen molar-refractivity contribution < 1.29 is 9.05 Å². The molecule has 1 heterocycles. The molecule has 0 aliphatic heterocycles. The standard InChI is InChI=1S/C9H15N2O2P/c1-3-12-14(13-4-2)7-9-5-6-10-8-11-9/h5-6,8H,3-4,7H2,1-2H3. The summed E-state index contributed by atoms with van der Waals surface area (Å²) in [5.41, 5.74) is 0.966. The molecule has 0 unspecified atom stereocenters. The van der Waals surface area contributed by atoms with Gasteiger partial charge in [-0.2, -0.15) is 0 Å². The quantitative estimate of drug-likeness (QED) is 0.682. The van der Waals surface area contributed by atoms with Gasteiger partial charge < -0.3 is 9.05 Å². The third kappa shape index (κ3) is 4.09. The van der Waals surface area contributed by atoms with Crippen molar-refractivity contribution in [3.63, 3.8) is 0 Å². The maximum atomic E-state index is 5.47. The molecule has 14 heavy (non-hydrogen) atoms. The van der Waals surface area contributed by atoms with Crippen LogP contribution in [-0.2, 0) is 15.2 Å². The Morgan fingerprint density at radius 3 is 2.50 bits per heavy atom. The van der Waals surface area contributed by atoms with Gasteiger partial charge in [-0.3, -0.25) is 0 Å². The van der Waals surface area contributed by atoms with Gasteiger partial charge in [0.15, 0.2) is 8.38 Å². The molecular formula is C9H15N2O2P. The second-order valence-corrected chi connectivity index (χ2v) is 4.03. The SMILES string of the molecule is CCOP(Cc1ccncn1)OCC. The Bertz CT molecular complexity index is 240. The van der Waals surface area contributed by atoms with Crippen LogP contribution in [0.4, 0.5) is 0 Å². The Hall–Kier alpha value is -0.570. The number of rotatable bonds is 6. The molecule has 0 saturated heterocycles. The van der Waals surface area contributed by atoms with E-state index in [1.54, 1.807) is 12.5 Å². The summed E-state index contributed by atoms with van der Waals surface area (Å²) in [5.74, 6) is 0. The first-order chi connectivity index (χ1) is 6.86. The van der Waals surface area contributed by atoms with Crippen LogP contribution in [0, 0.1) is 0 Å². The number of nitrogens with zero attached hydrogens (tertiary/aromatic N) is 2. The minimum Gasteiger partial charge on any atom is -0.334 e. The Morgan fingerprint density at radius 2 is 2.00 bits per heavy atom. The molecule has 0 fully saturated rings. The smallest absolute Gasteiger partial charge is 0.176 e. The highest BCUT2D eigenvalue weighted by atomic mass is 31.2. The first-order valence-electron chi connectivity index (χ1n) is 4.65. The summed E-state index contributed by atoms with van der Waals surface area (Å²) in [4.78, 5) is 7.99. The molecule has 0 aliphatic rings. The van der Waals surface area contributed by atoms with Gasteiger partial charge in [-0.1, -0.05) is 0 Å². The Kier molecular flexibility index (Phi) is 5.60. The van der Waals surface area contributed by atoms with E-state index in [0.29, 0.717) is 13.2 Å². The average molecular weight is 214 g/mol. The molecule has 0 aliphatic carbocycles. The zero-order valence-electron chi connectivity index (χ0n) is 8.51. The van der Waals surface area contributed by atoms with Crippen LogP contribution >= 0.6 is 8.38 Å². The zero-order valence-corrected chi connectivity index (χ0v) is 9.41. The van der Waals surface area contributed by atoms with Crippen molar-refractivity contribution in [2.45, 2.75) is 20.0 Å². The normalized spacial score (nSPS) is 10.8. The lowest BCUT2D eigenvalue weighted by atomic mass is 10.5. The molecule has 4 nitrogen and oxygen atoms in total. The Morgan fingerprint density at radius 1 is 1.29 bits per heavy atom. The zero-order chi connectivity index (χ0) is 10.2. The van der Waals surface area contributed by atoms with Gasteiger partial charge in [0.05, 0.1) is 25.1 Å². The van der Waals surface area contributed by atoms with E-state index in [-0.39, 0.29) is 0 Å². The van der Waals surface area contributed by atoms with Crippen LogP contribution in [0.3, 0.4) is 0 Å². The van der Waals surface area contributed by atoms with Crippen molar-refractivity contribution in [1.82, 2.24) is 9.97 Å². The van der Waals surface area contributed by atoms with Gasteiger partial charge in [0.25, 0.3) is 0 Å². The monoisotopic (exact) mass is 214 g/mol. The third-order valence-electron chi connectivity index (χ3n) is 1.48. The van der Waals surface area contributed by atoms with E-state index in [1.807, 2.05) is 19.9 Å². The molecule has 1 aromatic rings. The van der Waals surface area contributed by atoms with Crippen LogP contribution in [0.15, 0.2) is 18.6 Å². The number of hydrogen-bond acceptors (Lipinski definition) is 4. The lowest BCUT2D eigenvalue weighted by Crippen LogP contribution is -1.96. The van der Waals surface area contributed by atoms with Crippen LogP contribution in [0.1, 0.15) is 19.5 Å². The van der Waals surface area contributed by atoms with E-state index in [1.165, 1.54) is 0 Å². The topological polar surface area (TPSA) is 44.2 Å². The summed E-state index contributed by atoms with van der Waals surface area (Å²) in [6, 6.07) is 1.88. The van der Waals surface area contributed by atoms with Crippen molar-refractivity contribution in [3.8, 4) is 0 Å². The maximum Gasteiger partial charge on any atom is 0.176 e. The fourth-order valence-corrected chi connectivity index (χ4v) is 2.25. The van der Waals surface area contributed by atoms with E-state index in [9.17, 15) is 0 Å². The van der Waals surface area contributed by atoms with Crippen molar-refractivity contribution >= 4 is 8.38 Å². The highest BCUT2D eigenvalue weighted by Gasteiger charge is 2.10. The van der Waals surface area contributed by atoms with Crippen molar-refractivity contribution in [3.05, 3.63) is 24.3 Å². The van der Waals surface area contributed by atoms with Gasteiger partial charge in [0.2, 0.25) is 0 Å². The molecule has 0 radical (unpaired) electrons. The summed E-state index contributed by atoms with van der Waals surface area (Å²) >= 11 is 0. The van der Waals surface area contributed by atoms with E-state index < -0.39 is 8.38 Å². The second kappa shape index (κ2) is 6.82. The van der Waals surface area contributed by atoms with E-state index >= 15 is 0 Å². The van der Waals surface area contributed by atoms with Crippen molar-refractivity contribution in [2.75, 3.05) is 13.2 Å². The van der Waals surface area contributed by atoms with Gasteiger partial charge in [0, 0.05) is 6.20 Å². The molecule has 0 atom stereocenters. The fraction of sp³-hybridized carbons (Fsp3) is 0.556. The van der Waals surface area contributed by atoms with Crippen LogP contribution in [-0.4, -0.2) is 23.2 Å². The third-order valence-corrected chi connectivity index (χ3v) is 3.16. The van der Waals surface area contributed by atoms with Crippen molar-refractivity contribution in [1.29, 1.82) is 0 Å². The predicted molar refractivity (Wildman–Crippen MR) is 55.9 cm³/mol. The molecule has 0 N–H and O–H groups in total. The Balaban J connectivity index is 2.46. The minimum absolute atomic E-state index is 0.677. The molecule has 0 aromatic carbocycles. The highest BCUT2D eigenvalue weighted by molar-refractivity contribution is 7.46. The van der Waals surface area contributed by atoms with Crippen molar-refractivity contribution in [2.24, 2.45) is 0 Å². The number of aromatic nitrogens is 2. The second-order valence-electron chi connectivity index (χ2n) is 2.53. The van der Waals surface area contributed by atoms with Crippen LogP contribution in [0.5, 0.6) is 0 Å². The first-order valence-corrected chi connectivity index (χ1v) is 6.01. The van der Waals surface area contributed by atoms with Gasteiger partial charge in [0.1, 0.15) is 6.33 Å². The summed E-state index contributed by atoms with van der Waals surface area (Å²) in [5, 5.41) is 0. The largest absolute Gasteiger partial charge is 0.334 e. The van der Waals surface area contributed by atoms with Crippen LogP contribution in [0.25, 0.3) is 0 Å². The van der Waals surface area contributed by atoms with Crippen LogP contribution < -0.4 is 0 Å². The predicted octanol–water partition coefficient (Wildman–Crippen LogP) is 2.36. The van der Waals surface area contributed by atoms with Gasteiger partial charge in [-0.25, -0.2) is 9.97 Å². The lowest BCUT2D eigenvalue weighted by molar-refractivity contribution is 0.268. The first kappa shape index (κ1) is 11.5. The summed E-state index contributed by atoms with van der Waals surface area (Å²) in [6.45, 7) is 5.29. The molecule has 1 rings (SSSR count). The minimum atomic E-state index is -0.827. The summed E-state index contributed by atoms with van der Waals surface area (Å²) < 4.78 is 10.9. The molecule has 0 amide bonds. The molecule has 0 spiro atoms. The molecular weight excluding hydrogens is 199 g/mol. The van der Waals surface area contributed by atoms with Gasteiger partial charge in [-0.05, 0) is 19.9 Å². The molecule has 5 heteroatoms. The Labute approximate surface area is 85.6 Å². The maximum absolute atomic E-state index is 5.47. The molecule has 1 aromatic heterocycles. The van der Waals surface area contributed by atoms with E-state index in [2.05, 4.69) is 9.97 Å². The van der Waals surface area contributed by atoms with E-state index in [4.69, 9.17) is 9.05 Å². The lowest BCUT2D eigenvalue weighted by Gasteiger charge is -2.14. The van der Waals surface area contributed by atoms with Gasteiger partial charge in [-0.15, -0.1) is 0 Å². The molecule has 0 saturated carbocycles. The summed E-state index contributed by atoms with van der Waals surface area (Å²) in [6.07, 6.45) is 4.01. The fourth-order valence-electron chi connectivity index (χ4n) is 0.960.